The number of aliphatic hydroxyl groups excluding tert-OH is 1. The summed E-state index contributed by atoms with van der Waals surface area (Å²) >= 11 is 0. The first-order valence-corrected chi connectivity index (χ1v) is 6.01. The van der Waals surface area contributed by atoms with Gasteiger partial charge in [0.1, 0.15) is 0 Å². The average molecular weight is 199 g/mol. The molecule has 0 spiro atoms. The molecule has 2 nitrogen and oxygen atoms in total. The van der Waals surface area contributed by atoms with Gasteiger partial charge in [0.05, 0.1) is 6.10 Å². The van der Waals surface area contributed by atoms with Gasteiger partial charge in [-0.3, -0.25) is 0 Å². The predicted molar refractivity (Wildman–Crippen MR) is 60.3 cm³/mol. The van der Waals surface area contributed by atoms with Gasteiger partial charge in [-0.15, -0.1) is 0 Å². The van der Waals surface area contributed by atoms with Gasteiger partial charge < -0.3 is 10.0 Å². The summed E-state index contributed by atoms with van der Waals surface area (Å²) in [6.45, 7) is 5.77. The molecule has 14 heavy (non-hydrogen) atoms. The van der Waals surface area contributed by atoms with Crippen LogP contribution in [0.3, 0.4) is 0 Å². The molecule has 1 aliphatic rings. The summed E-state index contributed by atoms with van der Waals surface area (Å²) in [5, 5.41) is 9.42. The lowest BCUT2D eigenvalue weighted by Crippen LogP contribution is -2.38. The summed E-state index contributed by atoms with van der Waals surface area (Å²) in [7, 11) is 2.23. The lowest BCUT2D eigenvalue weighted by molar-refractivity contribution is 0.0790. The lowest BCUT2D eigenvalue weighted by Gasteiger charge is -2.34. The minimum atomic E-state index is -0.0248. The van der Waals surface area contributed by atoms with E-state index in [-0.39, 0.29) is 6.10 Å². The monoisotopic (exact) mass is 199 g/mol. The van der Waals surface area contributed by atoms with Crippen molar-refractivity contribution in [1.29, 1.82) is 0 Å². The number of aliphatic hydroxyl groups is 1. The first-order chi connectivity index (χ1) is 6.63. The van der Waals surface area contributed by atoms with Crippen molar-refractivity contribution in [3.05, 3.63) is 0 Å². The van der Waals surface area contributed by atoms with Gasteiger partial charge in [0.15, 0.2) is 0 Å². The second kappa shape index (κ2) is 5.72. The Morgan fingerprint density at radius 1 is 1.29 bits per heavy atom. The Labute approximate surface area is 88.3 Å². The molecule has 0 radical (unpaired) electrons. The Hall–Kier alpha value is -0.0800. The fourth-order valence-electron chi connectivity index (χ4n) is 2.27. The highest BCUT2D eigenvalue weighted by molar-refractivity contribution is 4.78. The van der Waals surface area contributed by atoms with Gasteiger partial charge in [-0.2, -0.15) is 0 Å². The molecule has 0 bridgehead atoms. The maximum Gasteiger partial charge on any atom is 0.0541 e. The largest absolute Gasteiger partial charge is 0.393 e. The highest BCUT2D eigenvalue weighted by atomic mass is 16.3. The molecule has 1 N–H and O–H groups in total. The van der Waals surface area contributed by atoms with Crippen molar-refractivity contribution in [2.75, 3.05) is 13.6 Å². The molecule has 0 heterocycles. The van der Waals surface area contributed by atoms with Gasteiger partial charge in [-0.25, -0.2) is 0 Å². The summed E-state index contributed by atoms with van der Waals surface area (Å²) in [4.78, 5) is 2.49. The average Bonchev–Trinajstić information content (AvgIpc) is 2.18. The molecule has 0 aromatic carbocycles. The standard InChI is InChI=1S/C12H25NO/c1-4-10(2)9-13(3)11-5-7-12(14)8-6-11/h10-12,14H,4-9H2,1-3H3. The van der Waals surface area contributed by atoms with E-state index in [1.54, 1.807) is 0 Å². The minimum Gasteiger partial charge on any atom is -0.393 e. The van der Waals surface area contributed by atoms with E-state index in [0.29, 0.717) is 6.04 Å². The van der Waals surface area contributed by atoms with Crippen molar-refractivity contribution in [1.82, 2.24) is 4.90 Å². The van der Waals surface area contributed by atoms with Crippen LogP contribution in [0.2, 0.25) is 0 Å². The normalized spacial score (nSPS) is 30.6. The number of hydrogen-bond donors (Lipinski definition) is 1. The van der Waals surface area contributed by atoms with Crippen LogP contribution >= 0.6 is 0 Å². The Kier molecular flexibility index (Phi) is 4.90. The van der Waals surface area contributed by atoms with Crippen molar-refractivity contribution in [2.45, 2.75) is 58.1 Å². The van der Waals surface area contributed by atoms with Crippen LogP contribution in [0.15, 0.2) is 0 Å². The molecular formula is C12H25NO. The number of rotatable bonds is 4. The van der Waals surface area contributed by atoms with E-state index >= 15 is 0 Å². The van der Waals surface area contributed by atoms with Crippen LogP contribution in [0.25, 0.3) is 0 Å². The van der Waals surface area contributed by atoms with E-state index in [2.05, 4.69) is 25.8 Å². The second-order valence-electron chi connectivity index (χ2n) is 4.92. The Morgan fingerprint density at radius 3 is 2.36 bits per heavy atom. The molecule has 1 aliphatic carbocycles. The Balaban J connectivity index is 2.26. The zero-order valence-electron chi connectivity index (χ0n) is 9.87. The van der Waals surface area contributed by atoms with Crippen molar-refractivity contribution in [3.8, 4) is 0 Å². The van der Waals surface area contributed by atoms with Crippen LogP contribution in [0, 0.1) is 5.92 Å². The molecule has 0 aliphatic heterocycles. The van der Waals surface area contributed by atoms with Crippen molar-refractivity contribution < 1.29 is 5.11 Å². The van der Waals surface area contributed by atoms with Gasteiger partial charge in [0.25, 0.3) is 0 Å². The number of nitrogens with zero attached hydrogens (tertiary/aromatic N) is 1. The molecule has 2 heteroatoms. The van der Waals surface area contributed by atoms with E-state index in [1.165, 1.54) is 25.8 Å². The summed E-state index contributed by atoms with van der Waals surface area (Å²) in [6, 6.07) is 0.715. The van der Waals surface area contributed by atoms with Gasteiger partial charge in [0, 0.05) is 12.6 Å². The van der Waals surface area contributed by atoms with E-state index in [4.69, 9.17) is 0 Å². The third-order valence-electron chi connectivity index (χ3n) is 3.59. The van der Waals surface area contributed by atoms with E-state index in [9.17, 15) is 5.11 Å². The zero-order valence-corrected chi connectivity index (χ0v) is 9.87. The predicted octanol–water partition coefficient (Wildman–Crippen LogP) is 2.27. The first kappa shape index (κ1) is 12.0. The summed E-state index contributed by atoms with van der Waals surface area (Å²) in [6.07, 6.45) is 5.58. The Morgan fingerprint density at radius 2 is 1.86 bits per heavy atom. The fourth-order valence-corrected chi connectivity index (χ4v) is 2.27. The molecule has 1 saturated carbocycles. The van der Waals surface area contributed by atoms with Gasteiger partial charge in [0.2, 0.25) is 0 Å². The van der Waals surface area contributed by atoms with Gasteiger partial charge in [-0.1, -0.05) is 20.3 Å². The SMILES string of the molecule is CCC(C)CN(C)C1CCC(O)CC1. The van der Waals surface area contributed by atoms with Crippen LogP contribution < -0.4 is 0 Å². The van der Waals surface area contributed by atoms with Crippen LogP contribution in [0.1, 0.15) is 46.0 Å². The topological polar surface area (TPSA) is 23.5 Å². The lowest BCUT2D eigenvalue weighted by atomic mass is 9.91. The molecule has 0 saturated heterocycles. The minimum absolute atomic E-state index is 0.0248. The molecule has 84 valence electrons. The van der Waals surface area contributed by atoms with Crippen LogP contribution in [0.5, 0.6) is 0 Å². The molecule has 1 fully saturated rings. The summed E-state index contributed by atoms with van der Waals surface area (Å²) in [5.74, 6) is 0.798. The van der Waals surface area contributed by atoms with Crippen molar-refractivity contribution >= 4 is 0 Å². The van der Waals surface area contributed by atoms with Crippen LogP contribution in [-0.2, 0) is 0 Å². The van der Waals surface area contributed by atoms with Crippen LogP contribution in [0.4, 0.5) is 0 Å². The second-order valence-corrected chi connectivity index (χ2v) is 4.92. The Bertz CT molecular complexity index is 152. The third-order valence-corrected chi connectivity index (χ3v) is 3.59. The molecule has 0 aromatic rings. The molecule has 1 rings (SSSR count). The van der Waals surface area contributed by atoms with E-state index in [1.807, 2.05) is 0 Å². The maximum atomic E-state index is 9.42. The highest BCUT2D eigenvalue weighted by Crippen LogP contribution is 2.22. The molecular weight excluding hydrogens is 174 g/mol. The fraction of sp³-hybridized carbons (Fsp3) is 1.00. The van der Waals surface area contributed by atoms with Crippen molar-refractivity contribution in [2.24, 2.45) is 5.92 Å². The summed E-state index contributed by atoms with van der Waals surface area (Å²) in [5.41, 5.74) is 0. The first-order valence-electron chi connectivity index (χ1n) is 6.01. The van der Waals surface area contributed by atoms with Crippen LogP contribution in [-0.4, -0.2) is 35.7 Å². The number of hydrogen-bond acceptors (Lipinski definition) is 2. The molecule has 0 amide bonds. The molecule has 1 unspecified atom stereocenters. The maximum absolute atomic E-state index is 9.42. The molecule has 0 aromatic heterocycles. The smallest absolute Gasteiger partial charge is 0.0541 e. The van der Waals surface area contributed by atoms with E-state index in [0.717, 1.165) is 18.8 Å². The highest BCUT2D eigenvalue weighted by Gasteiger charge is 2.22. The third kappa shape index (κ3) is 3.58. The zero-order chi connectivity index (χ0) is 10.6. The molecule has 1 atom stereocenters. The quantitative estimate of drug-likeness (QED) is 0.751. The van der Waals surface area contributed by atoms with E-state index < -0.39 is 0 Å². The van der Waals surface area contributed by atoms with Gasteiger partial charge >= 0.3 is 0 Å². The van der Waals surface area contributed by atoms with Gasteiger partial charge in [-0.05, 0) is 38.6 Å². The summed E-state index contributed by atoms with van der Waals surface area (Å²) < 4.78 is 0. The van der Waals surface area contributed by atoms with Crippen molar-refractivity contribution in [3.63, 3.8) is 0 Å².